The summed E-state index contributed by atoms with van der Waals surface area (Å²) in [5.41, 5.74) is 1.67. The van der Waals surface area contributed by atoms with Crippen LogP contribution in [0.5, 0.6) is 5.75 Å². The van der Waals surface area contributed by atoms with Crippen molar-refractivity contribution in [2.75, 3.05) is 11.5 Å². The van der Waals surface area contributed by atoms with Gasteiger partial charge in [0, 0.05) is 10.7 Å². The van der Waals surface area contributed by atoms with Gasteiger partial charge in [0.25, 0.3) is 17.7 Å². The van der Waals surface area contributed by atoms with E-state index in [4.69, 9.17) is 62.7 Å². The highest BCUT2D eigenvalue weighted by atomic mass is 35.5. The van der Waals surface area contributed by atoms with Gasteiger partial charge in [-0.2, -0.15) is 0 Å². The summed E-state index contributed by atoms with van der Waals surface area (Å²) >= 11 is 31.2. The summed E-state index contributed by atoms with van der Waals surface area (Å²) in [4.78, 5) is 43.2. The molecule has 3 aromatic carbocycles. The summed E-state index contributed by atoms with van der Waals surface area (Å²) in [6.45, 7) is 4.20. The van der Waals surface area contributed by atoms with Crippen LogP contribution in [0.25, 0.3) is 0 Å². The van der Waals surface area contributed by atoms with Gasteiger partial charge in [-0.25, -0.2) is 0 Å². The van der Waals surface area contributed by atoms with Crippen molar-refractivity contribution < 1.29 is 19.1 Å². The molecule has 0 N–H and O–H groups in total. The fraction of sp³-hybridized carbons (Fsp3) is 0.192. The van der Waals surface area contributed by atoms with Crippen LogP contribution in [-0.2, 0) is 4.79 Å². The molecule has 0 radical (unpaired) electrons. The average Bonchev–Trinajstić information content (AvgIpc) is 3.13. The van der Waals surface area contributed by atoms with Crippen molar-refractivity contribution >= 4 is 81.4 Å². The molecule has 2 aliphatic rings. The van der Waals surface area contributed by atoms with Crippen molar-refractivity contribution in [1.29, 1.82) is 0 Å². The number of anilines is 1. The van der Waals surface area contributed by atoms with Gasteiger partial charge in [-0.1, -0.05) is 76.2 Å². The molecule has 0 spiro atoms. The average molecular weight is 599 g/mol. The van der Waals surface area contributed by atoms with E-state index in [1.807, 2.05) is 13.8 Å². The molecular weight excluding hydrogens is 582 g/mol. The number of ether oxygens (including phenoxy) is 1. The highest BCUT2D eigenvalue weighted by molar-refractivity contribution is 6.55. The number of carbonyl (C=O) groups is 3. The molecule has 1 fully saturated rings. The van der Waals surface area contributed by atoms with Gasteiger partial charge in [-0.05, 0) is 49.2 Å². The zero-order chi connectivity index (χ0) is 26.8. The smallest absolute Gasteiger partial charge is 0.264 e. The fourth-order valence-corrected chi connectivity index (χ4v) is 5.90. The van der Waals surface area contributed by atoms with Crippen LogP contribution in [0.4, 0.5) is 5.69 Å². The van der Waals surface area contributed by atoms with Crippen molar-refractivity contribution in [3.63, 3.8) is 0 Å². The van der Waals surface area contributed by atoms with Crippen LogP contribution in [0, 0.1) is 6.92 Å². The summed E-state index contributed by atoms with van der Waals surface area (Å²) in [7, 11) is 0. The van der Waals surface area contributed by atoms with Crippen molar-refractivity contribution in [2.24, 2.45) is 0 Å². The predicted octanol–water partition coefficient (Wildman–Crippen LogP) is 7.41. The minimum absolute atomic E-state index is 0.144. The molecule has 11 heteroatoms. The molecule has 3 amide bonds. The Hall–Kier alpha value is -2.48. The molecule has 3 aromatic rings. The van der Waals surface area contributed by atoms with E-state index in [9.17, 15) is 14.4 Å². The third-order valence-corrected chi connectivity index (χ3v) is 8.48. The Morgan fingerprint density at radius 3 is 1.86 bits per heavy atom. The Kier molecular flexibility index (Phi) is 6.84. The number of imide groups is 1. The highest BCUT2D eigenvalue weighted by Crippen LogP contribution is 2.49. The lowest BCUT2D eigenvalue weighted by Gasteiger charge is -2.50. The molecule has 0 saturated carbocycles. The molecule has 6 nitrogen and oxygen atoms in total. The lowest BCUT2D eigenvalue weighted by Crippen LogP contribution is -2.67. The summed E-state index contributed by atoms with van der Waals surface area (Å²) in [5.74, 6) is -1.38. The van der Waals surface area contributed by atoms with Crippen LogP contribution < -0.4 is 9.64 Å². The molecule has 0 aromatic heterocycles. The maximum atomic E-state index is 13.7. The first kappa shape index (κ1) is 26.1. The number of halogens is 5. The topological polar surface area (TPSA) is 66.9 Å². The van der Waals surface area contributed by atoms with Gasteiger partial charge < -0.3 is 9.64 Å². The number of rotatable bonds is 5. The quantitative estimate of drug-likeness (QED) is 0.133. The second-order valence-corrected chi connectivity index (χ2v) is 10.5. The van der Waals surface area contributed by atoms with Gasteiger partial charge in [0.05, 0.1) is 43.9 Å². The molecule has 2 aliphatic heterocycles. The number of aryl methyl sites for hydroxylation is 1. The number of nitrogens with zero attached hydrogens (tertiary/aromatic N) is 2. The zero-order valence-corrected chi connectivity index (χ0v) is 23.1. The third kappa shape index (κ3) is 3.98. The van der Waals surface area contributed by atoms with Gasteiger partial charge in [-0.3, -0.25) is 19.3 Å². The SMILES string of the molecule is CCOc1ccc([C@H]2[C@@H](N3C(=O)c4c(Cl)c(Cl)c(Cl)c(Cl)c4C3=O)C(=O)N2c2cc(Cl)ccc2C)cc1. The van der Waals surface area contributed by atoms with Crippen LogP contribution in [0.1, 0.15) is 44.8 Å². The molecule has 2 heterocycles. The monoisotopic (exact) mass is 596 g/mol. The first-order valence-corrected chi connectivity index (χ1v) is 13.0. The number of β-lactam (4-membered cyclic amide) rings is 1. The number of benzene rings is 3. The lowest BCUT2D eigenvalue weighted by molar-refractivity contribution is -0.130. The van der Waals surface area contributed by atoms with Crippen molar-refractivity contribution in [1.82, 2.24) is 4.90 Å². The normalized spacial score (nSPS) is 18.8. The van der Waals surface area contributed by atoms with Crippen LogP contribution in [0.15, 0.2) is 42.5 Å². The van der Waals surface area contributed by atoms with Crippen molar-refractivity contribution in [3.8, 4) is 5.75 Å². The van der Waals surface area contributed by atoms with E-state index in [0.717, 1.165) is 10.5 Å². The Balaban J connectivity index is 1.63. The molecule has 0 bridgehead atoms. The molecule has 2 atom stereocenters. The minimum atomic E-state index is -1.17. The number of hydrogen-bond donors (Lipinski definition) is 0. The molecular formula is C26H17Cl5N2O4. The summed E-state index contributed by atoms with van der Waals surface area (Å²) in [6, 6.07) is 10.4. The number of carbonyl (C=O) groups excluding carboxylic acids is 3. The summed E-state index contributed by atoms with van der Waals surface area (Å²) in [6.07, 6.45) is 0. The van der Waals surface area contributed by atoms with Crippen LogP contribution in [-0.4, -0.2) is 35.3 Å². The fourth-order valence-electron chi connectivity index (χ4n) is 4.71. The van der Waals surface area contributed by atoms with Crippen molar-refractivity contribution in [3.05, 3.63) is 89.8 Å². The molecule has 1 saturated heterocycles. The summed E-state index contributed by atoms with van der Waals surface area (Å²) < 4.78 is 5.54. The Morgan fingerprint density at radius 1 is 0.757 bits per heavy atom. The largest absolute Gasteiger partial charge is 0.494 e. The van der Waals surface area contributed by atoms with Crippen LogP contribution in [0.2, 0.25) is 25.1 Å². The van der Waals surface area contributed by atoms with Gasteiger partial charge in [-0.15, -0.1) is 0 Å². The first-order valence-electron chi connectivity index (χ1n) is 11.1. The second kappa shape index (κ2) is 9.68. The van der Waals surface area contributed by atoms with E-state index in [1.165, 1.54) is 4.90 Å². The van der Waals surface area contributed by atoms with Crippen LogP contribution >= 0.6 is 58.0 Å². The lowest BCUT2D eigenvalue weighted by atomic mass is 9.85. The zero-order valence-electron chi connectivity index (χ0n) is 19.3. The predicted molar refractivity (Wildman–Crippen MR) is 145 cm³/mol. The molecule has 0 aliphatic carbocycles. The van der Waals surface area contributed by atoms with E-state index < -0.39 is 29.8 Å². The molecule has 5 rings (SSSR count). The van der Waals surface area contributed by atoms with Gasteiger partial charge in [0.2, 0.25) is 0 Å². The second-order valence-electron chi connectivity index (χ2n) is 8.52. The number of fused-ring (bicyclic) bond motifs is 1. The van der Waals surface area contributed by atoms with Crippen molar-refractivity contribution in [2.45, 2.75) is 25.9 Å². The van der Waals surface area contributed by atoms with Gasteiger partial charge in [0.1, 0.15) is 11.8 Å². The van der Waals surface area contributed by atoms with E-state index >= 15 is 0 Å². The highest BCUT2D eigenvalue weighted by Gasteiger charge is 2.58. The number of amides is 3. The summed E-state index contributed by atoms with van der Waals surface area (Å²) in [5, 5.41) is -0.243. The van der Waals surface area contributed by atoms with Crippen LogP contribution in [0.3, 0.4) is 0 Å². The molecule has 190 valence electrons. The maximum absolute atomic E-state index is 13.7. The Bertz CT molecular complexity index is 1440. The third-order valence-electron chi connectivity index (χ3n) is 6.44. The Morgan fingerprint density at radius 2 is 1.32 bits per heavy atom. The molecule has 0 unspecified atom stereocenters. The maximum Gasteiger partial charge on any atom is 0.264 e. The Labute approximate surface area is 237 Å². The van der Waals surface area contributed by atoms with Gasteiger partial charge in [0.15, 0.2) is 0 Å². The number of hydrogen-bond acceptors (Lipinski definition) is 4. The van der Waals surface area contributed by atoms with E-state index in [2.05, 4.69) is 0 Å². The molecule has 37 heavy (non-hydrogen) atoms. The standard InChI is InChI=1S/C26H17Cl5N2O4/c1-3-37-14-8-5-12(6-9-14)22-23(26(36)32(22)15-10-13(27)7-4-11(15)2)33-24(34)16-17(25(33)35)19(29)21(31)20(30)18(16)28/h4-10,22-23H,3H2,1-2H3/t22-,23+/m0/s1. The van der Waals surface area contributed by atoms with E-state index in [-0.39, 0.29) is 31.2 Å². The van der Waals surface area contributed by atoms with E-state index in [1.54, 1.807) is 42.5 Å². The van der Waals surface area contributed by atoms with E-state index in [0.29, 0.717) is 28.6 Å². The minimum Gasteiger partial charge on any atom is -0.494 e. The first-order chi connectivity index (χ1) is 17.6. The van der Waals surface area contributed by atoms with Gasteiger partial charge >= 0.3 is 0 Å².